The summed E-state index contributed by atoms with van der Waals surface area (Å²) in [7, 11) is 0. The molecule has 2 heterocycles. The van der Waals surface area contributed by atoms with E-state index in [2.05, 4.69) is 15.0 Å². The molecule has 1 amide bonds. The summed E-state index contributed by atoms with van der Waals surface area (Å²) in [6, 6.07) is 3.35. The molecule has 8 heteroatoms. The highest BCUT2D eigenvalue weighted by Gasteiger charge is 2.31. The molecule has 21 heavy (non-hydrogen) atoms. The second-order valence-corrected chi connectivity index (χ2v) is 4.70. The molecule has 1 saturated heterocycles. The first-order chi connectivity index (χ1) is 9.97. The number of pyridine rings is 1. The molecule has 2 rings (SSSR count). The fraction of sp³-hybridized carbons (Fsp3) is 0.538. The van der Waals surface area contributed by atoms with Gasteiger partial charge in [0.15, 0.2) is 0 Å². The monoisotopic (exact) mass is 303 g/mol. The molecule has 1 aromatic rings. The molecule has 1 unspecified atom stereocenters. The third kappa shape index (κ3) is 4.68. The van der Waals surface area contributed by atoms with Gasteiger partial charge in [-0.15, -0.1) is 0 Å². The highest BCUT2D eigenvalue weighted by molar-refractivity contribution is 5.78. The Kier molecular flexibility index (Phi) is 5.13. The summed E-state index contributed by atoms with van der Waals surface area (Å²) < 4.78 is 40.5. The number of alkyl halides is 3. The van der Waals surface area contributed by atoms with Crippen molar-refractivity contribution in [1.82, 2.24) is 15.2 Å². The Morgan fingerprint density at radius 3 is 3.00 bits per heavy atom. The third-order valence-corrected chi connectivity index (χ3v) is 3.12. The van der Waals surface area contributed by atoms with Gasteiger partial charge in [-0.2, -0.15) is 13.2 Å². The van der Waals surface area contributed by atoms with Crippen LogP contribution in [0.15, 0.2) is 24.5 Å². The Bertz CT molecular complexity index is 467. The molecule has 5 nitrogen and oxygen atoms in total. The number of hydrogen-bond donors (Lipinski definition) is 1. The van der Waals surface area contributed by atoms with Gasteiger partial charge >= 0.3 is 6.18 Å². The smallest absolute Gasteiger partial charge is 0.362 e. The molecule has 0 spiro atoms. The minimum absolute atomic E-state index is 0.241. The van der Waals surface area contributed by atoms with Gasteiger partial charge in [-0.1, -0.05) is 6.07 Å². The number of amides is 1. The van der Waals surface area contributed by atoms with Gasteiger partial charge in [0.05, 0.1) is 6.04 Å². The average Bonchev–Trinajstić information content (AvgIpc) is 2.47. The third-order valence-electron chi connectivity index (χ3n) is 3.12. The van der Waals surface area contributed by atoms with Crippen molar-refractivity contribution in [2.24, 2.45) is 0 Å². The standard InChI is InChI=1S/C13H16F3N3O2/c14-13(15,16)9-21-8-12(20)19-5-4-18-7-11(19)10-2-1-3-17-6-10/h1-3,6,11,18H,4-5,7-9H2. The van der Waals surface area contributed by atoms with Crippen LogP contribution in [0.1, 0.15) is 11.6 Å². The van der Waals surface area contributed by atoms with E-state index in [0.29, 0.717) is 19.6 Å². The van der Waals surface area contributed by atoms with E-state index < -0.39 is 25.3 Å². The number of halogens is 3. The van der Waals surface area contributed by atoms with E-state index in [1.807, 2.05) is 6.07 Å². The van der Waals surface area contributed by atoms with Crippen LogP contribution in [0.2, 0.25) is 0 Å². The van der Waals surface area contributed by atoms with Gasteiger partial charge in [-0.3, -0.25) is 9.78 Å². The van der Waals surface area contributed by atoms with Crippen LogP contribution in [0.25, 0.3) is 0 Å². The molecular formula is C13H16F3N3O2. The fourth-order valence-electron chi connectivity index (χ4n) is 2.21. The van der Waals surface area contributed by atoms with E-state index in [9.17, 15) is 18.0 Å². The van der Waals surface area contributed by atoms with Crippen molar-refractivity contribution >= 4 is 5.91 Å². The second kappa shape index (κ2) is 6.86. The van der Waals surface area contributed by atoms with Crippen molar-refractivity contribution < 1.29 is 22.7 Å². The van der Waals surface area contributed by atoms with Crippen molar-refractivity contribution in [2.45, 2.75) is 12.2 Å². The van der Waals surface area contributed by atoms with Crippen molar-refractivity contribution in [3.05, 3.63) is 30.1 Å². The van der Waals surface area contributed by atoms with E-state index >= 15 is 0 Å². The zero-order valence-corrected chi connectivity index (χ0v) is 11.3. The van der Waals surface area contributed by atoms with E-state index in [0.717, 1.165) is 5.56 Å². The number of aromatic nitrogens is 1. The number of nitrogens with zero attached hydrogens (tertiary/aromatic N) is 2. The topological polar surface area (TPSA) is 54.5 Å². The van der Waals surface area contributed by atoms with Crippen LogP contribution in [0.5, 0.6) is 0 Å². The number of ether oxygens (including phenoxy) is 1. The molecule has 1 aliphatic heterocycles. The lowest BCUT2D eigenvalue weighted by Gasteiger charge is -2.36. The Morgan fingerprint density at radius 1 is 1.52 bits per heavy atom. The highest BCUT2D eigenvalue weighted by atomic mass is 19.4. The van der Waals surface area contributed by atoms with Crippen LogP contribution in [-0.2, 0) is 9.53 Å². The van der Waals surface area contributed by atoms with E-state index in [1.54, 1.807) is 18.5 Å². The van der Waals surface area contributed by atoms with Gasteiger partial charge in [0.25, 0.3) is 0 Å². The Labute approximate surface area is 120 Å². The molecule has 1 N–H and O–H groups in total. The Hall–Kier alpha value is -1.67. The quantitative estimate of drug-likeness (QED) is 0.906. The van der Waals surface area contributed by atoms with Crippen LogP contribution in [-0.4, -0.2) is 54.8 Å². The zero-order chi connectivity index (χ0) is 15.3. The minimum Gasteiger partial charge on any atom is -0.362 e. The molecule has 0 aromatic carbocycles. The number of piperazine rings is 1. The lowest BCUT2D eigenvalue weighted by molar-refractivity contribution is -0.178. The summed E-state index contributed by atoms with van der Waals surface area (Å²) in [6.07, 6.45) is -1.15. The number of hydrogen-bond acceptors (Lipinski definition) is 4. The van der Waals surface area contributed by atoms with Gasteiger partial charge in [0.2, 0.25) is 5.91 Å². The van der Waals surface area contributed by atoms with Crippen LogP contribution in [0, 0.1) is 0 Å². The lowest BCUT2D eigenvalue weighted by Crippen LogP contribution is -2.50. The first-order valence-corrected chi connectivity index (χ1v) is 6.52. The van der Waals surface area contributed by atoms with Gasteiger partial charge in [0, 0.05) is 32.0 Å². The SMILES string of the molecule is O=C(COCC(F)(F)F)N1CCNCC1c1cccnc1. The van der Waals surface area contributed by atoms with Crippen LogP contribution >= 0.6 is 0 Å². The largest absolute Gasteiger partial charge is 0.411 e. The molecule has 0 saturated carbocycles. The highest BCUT2D eigenvalue weighted by Crippen LogP contribution is 2.21. The minimum atomic E-state index is -4.42. The second-order valence-electron chi connectivity index (χ2n) is 4.70. The maximum absolute atomic E-state index is 12.1. The summed E-state index contributed by atoms with van der Waals surface area (Å²) in [5.74, 6) is -0.449. The predicted molar refractivity (Wildman–Crippen MR) is 68.4 cm³/mol. The summed E-state index contributed by atoms with van der Waals surface area (Å²) in [6.45, 7) is -0.426. The molecule has 0 bridgehead atoms. The summed E-state index contributed by atoms with van der Waals surface area (Å²) in [5, 5.41) is 3.16. The first kappa shape index (κ1) is 15.7. The van der Waals surface area contributed by atoms with Crippen LogP contribution in [0.4, 0.5) is 13.2 Å². The van der Waals surface area contributed by atoms with Crippen molar-refractivity contribution in [3.63, 3.8) is 0 Å². The normalized spacial score (nSPS) is 19.6. The van der Waals surface area contributed by atoms with Crippen molar-refractivity contribution in [1.29, 1.82) is 0 Å². The van der Waals surface area contributed by atoms with Gasteiger partial charge in [-0.25, -0.2) is 0 Å². The van der Waals surface area contributed by atoms with E-state index in [-0.39, 0.29) is 6.04 Å². The lowest BCUT2D eigenvalue weighted by atomic mass is 10.1. The summed E-state index contributed by atoms with van der Waals surface area (Å²) in [4.78, 5) is 17.6. The van der Waals surface area contributed by atoms with Crippen LogP contribution in [0.3, 0.4) is 0 Å². The van der Waals surface area contributed by atoms with Gasteiger partial charge in [-0.05, 0) is 11.6 Å². The first-order valence-electron chi connectivity index (χ1n) is 6.52. The molecular weight excluding hydrogens is 287 g/mol. The molecule has 116 valence electrons. The van der Waals surface area contributed by atoms with Crippen molar-refractivity contribution in [2.75, 3.05) is 32.8 Å². The average molecular weight is 303 g/mol. The van der Waals surface area contributed by atoms with Crippen LogP contribution < -0.4 is 5.32 Å². The number of nitrogens with one attached hydrogen (secondary N) is 1. The number of carbonyl (C=O) groups excluding carboxylic acids is 1. The number of carbonyl (C=O) groups is 1. The Morgan fingerprint density at radius 2 is 2.33 bits per heavy atom. The molecule has 1 aromatic heterocycles. The predicted octanol–water partition coefficient (Wildman–Crippen LogP) is 1.13. The molecule has 0 radical (unpaired) electrons. The molecule has 1 fully saturated rings. The molecule has 1 atom stereocenters. The molecule has 0 aliphatic carbocycles. The van der Waals surface area contributed by atoms with Gasteiger partial charge in [0.1, 0.15) is 13.2 Å². The van der Waals surface area contributed by atoms with Gasteiger partial charge < -0.3 is 15.0 Å². The van der Waals surface area contributed by atoms with Crippen molar-refractivity contribution in [3.8, 4) is 0 Å². The summed E-state index contributed by atoms with van der Waals surface area (Å²) >= 11 is 0. The summed E-state index contributed by atoms with van der Waals surface area (Å²) in [5.41, 5.74) is 0.842. The number of rotatable bonds is 4. The van der Waals surface area contributed by atoms with E-state index in [1.165, 1.54) is 4.90 Å². The van der Waals surface area contributed by atoms with E-state index in [4.69, 9.17) is 0 Å². The zero-order valence-electron chi connectivity index (χ0n) is 11.3. The fourth-order valence-corrected chi connectivity index (χ4v) is 2.21. The maximum atomic E-state index is 12.1. The maximum Gasteiger partial charge on any atom is 0.411 e. The molecule has 1 aliphatic rings. The Balaban J connectivity index is 1.97.